The van der Waals surface area contributed by atoms with Crippen LogP contribution in [0, 0.1) is 5.21 Å². The van der Waals surface area contributed by atoms with E-state index < -0.39 is 0 Å². The van der Waals surface area contributed by atoms with Crippen LogP contribution >= 0.6 is 0 Å². The van der Waals surface area contributed by atoms with Crippen molar-refractivity contribution >= 4 is 22.4 Å². The summed E-state index contributed by atoms with van der Waals surface area (Å²) in [5.41, 5.74) is 2.72. The van der Waals surface area contributed by atoms with Gasteiger partial charge in [0.2, 0.25) is 0 Å². The van der Waals surface area contributed by atoms with E-state index in [2.05, 4.69) is 4.98 Å². The third-order valence-electron chi connectivity index (χ3n) is 3.74. The molecule has 1 N–H and O–H groups in total. The molecule has 0 amide bonds. The lowest BCUT2D eigenvalue weighted by Gasteiger charge is -2.20. The SMILES string of the molecule is COc1c2c(nc3ccc([NH+](C)[O-])cc13)C(=O)CCC2. The van der Waals surface area contributed by atoms with Gasteiger partial charge in [-0.2, -0.15) is 0 Å². The number of ketones is 1. The molecule has 0 radical (unpaired) electrons. The van der Waals surface area contributed by atoms with E-state index in [4.69, 9.17) is 4.74 Å². The molecule has 5 heteroatoms. The minimum Gasteiger partial charge on any atom is -0.629 e. The van der Waals surface area contributed by atoms with E-state index in [1.807, 2.05) is 0 Å². The predicted octanol–water partition coefficient (Wildman–Crippen LogP) is 1.41. The van der Waals surface area contributed by atoms with Crippen molar-refractivity contribution in [1.82, 2.24) is 4.98 Å². The topological polar surface area (TPSA) is 66.7 Å². The first-order valence-electron chi connectivity index (χ1n) is 6.66. The number of carbonyl (C=O) groups excluding carboxylic acids is 1. The molecule has 0 spiro atoms. The van der Waals surface area contributed by atoms with Crippen LogP contribution in [-0.2, 0) is 6.42 Å². The van der Waals surface area contributed by atoms with Crippen molar-refractivity contribution in [2.45, 2.75) is 19.3 Å². The molecule has 2 aromatic rings. The molecular formula is C15H16N2O3. The summed E-state index contributed by atoms with van der Waals surface area (Å²) in [4.78, 5) is 16.5. The average Bonchev–Trinajstić information content (AvgIpc) is 2.45. The Morgan fingerprint density at radius 1 is 1.35 bits per heavy atom. The van der Waals surface area contributed by atoms with Gasteiger partial charge in [-0.3, -0.25) is 4.79 Å². The number of hydrogen-bond donors (Lipinski definition) is 1. The fourth-order valence-electron chi connectivity index (χ4n) is 2.73. The van der Waals surface area contributed by atoms with E-state index in [9.17, 15) is 10.0 Å². The molecule has 0 saturated heterocycles. The van der Waals surface area contributed by atoms with E-state index >= 15 is 0 Å². The van der Waals surface area contributed by atoms with Gasteiger partial charge in [0, 0.05) is 29.5 Å². The second kappa shape index (κ2) is 4.85. The van der Waals surface area contributed by atoms with E-state index in [1.165, 1.54) is 7.05 Å². The van der Waals surface area contributed by atoms with Crippen molar-refractivity contribution < 1.29 is 14.6 Å². The van der Waals surface area contributed by atoms with Gasteiger partial charge in [0.05, 0.1) is 19.7 Å². The highest BCUT2D eigenvalue weighted by Gasteiger charge is 2.24. The zero-order valence-corrected chi connectivity index (χ0v) is 11.5. The maximum Gasteiger partial charge on any atom is 0.181 e. The Bertz CT molecular complexity index is 695. The normalized spacial score (nSPS) is 16.1. The van der Waals surface area contributed by atoms with Crippen molar-refractivity contribution in [1.29, 1.82) is 0 Å². The first kappa shape index (κ1) is 13.0. The molecule has 0 bridgehead atoms. The standard InChI is InChI=1S/C15H16N2O3/c1-17(19)9-6-7-12-11(8-9)15(20-2)10-4-3-5-13(18)14(10)16-12/h6-8,17H,3-5H2,1-2H3. The summed E-state index contributed by atoms with van der Waals surface area (Å²) in [5, 5.41) is 12.3. The van der Waals surface area contributed by atoms with Gasteiger partial charge < -0.3 is 15.0 Å². The molecule has 1 heterocycles. The molecule has 1 unspecified atom stereocenters. The van der Waals surface area contributed by atoms with Crippen LogP contribution in [0.15, 0.2) is 18.2 Å². The van der Waals surface area contributed by atoms with Crippen LogP contribution in [0.1, 0.15) is 28.9 Å². The van der Waals surface area contributed by atoms with E-state index in [-0.39, 0.29) is 10.8 Å². The number of nitrogens with one attached hydrogen (secondary N) is 1. The summed E-state index contributed by atoms with van der Waals surface area (Å²) in [6, 6.07) is 5.30. The quantitative estimate of drug-likeness (QED) is 0.839. The number of rotatable bonds is 2. The van der Waals surface area contributed by atoms with Crippen LogP contribution in [0.3, 0.4) is 0 Å². The number of Topliss-reactive ketones (excluding diaryl/α,β-unsaturated/α-hetero) is 1. The molecule has 1 aromatic heterocycles. The number of hydrogen-bond acceptors (Lipinski definition) is 4. The van der Waals surface area contributed by atoms with Crippen molar-refractivity contribution in [3.63, 3.8) is 0 Å². The molecular weight excluding hydrogens is 256 g/mol. The second-order valence-corrected chi connectivity index (χ2v) is 5.04. The van der Waals surface area contributed by atoms with Crippen molar-refractivity contribution in [2.75, 3.05) is 14.2 Å². The zero-order chi connectivity index (χ0) is 14.3. The van der Waals surface area contributed by atoms with Gasteiger partial charge >= 0.3 is 0 Å². The van der Waals surface area contributed by atoms with Crippen LogP contribution in [0.4, 0.5) is 5.69 Å². The van der Waals surface area contributed by atoms with Crippen LogP contribution in [-0.4, -0.2) is 24.9 Å². The maximum atomic E-state index is 12.0. The van der Waals surface area contributed by atoms with Gasteiger partial charge in [-0.15, -0.1) is 0 Å². The minimum absolute atomic E-state index is 0.00255. The molecule has 5 nitrogen and oxygen atoms in total. The van der Waals surface area contributed by atoms with Gasteiger partial charge in [-0.1, -0.05) is 0 Å². The van der Waals surface area contributed by atoms with Crippen LogP contribution < -0.4 is 9.80 Å². The number of benzene rings is 1. The number of carbonyl (C=O) groups is 1. The highest BCUT2D eigenvalue weighted by molar-refractivity contribution is 6.01. The van der Waals surface area contributed by atoms with Crippen molar-refractivity contribution in [2.24, 2.45) is 0 Å². The first-order chi connectivity index (χ1) is 9.61. The lowest BCUT2D eigenvalue weighted by Crippen LogP contribution is -2.98. The molecule has 0 saturated carbocycles. The molecule has 1 atom stereocenters. The third kappa shape index (κ3) is 1.95. The smallest absolute Gasteiger partial charge is 0.181 e. The number of quaternary nitrogens is 1. The monoisotopic (exact) mass is 272 g/mol. The van der Waals surface area contributed by atoms with Crippen molar-refractivity contribution in [3.05, 3.63) is 34.7 Å². The number of hydroxylamine groups is 1. The fraction of sp³-hybridized carbons (Fsp3) is 0.333. The number of fused-ring (bicyclic) bond motifs is 2. The highest BCUT2D eigenvalue weighted by Crippen LogP contribution is 2.35. The van der Waals surface area contributed by atoms with Gasteiger partial charge in [0.15, 0.2) is 5.78 Å². The van der Waals surface area contributed by atoms with E-state index in [0.717, 1.165) is 23.8 Å². The van der Waals surface area contributed by atoms with Crippen molar-refractivity contribution in [3.8, 4) is 5.75 Å². The number of pyridine rings is 1. The van der Waals surface area contributed by atoms with Gasteiger partial charge in [0.25, 0.3) is 0 Å². The summed E-state index contributed by atoms with van der Waals surface area (Å²) in [6.07, 6.45) is 2.15. The summed E-state index contributed by atoms with van der Waals surface area (Å²) >= 11 is 0. The second-order valence-electron chi connectivity index (χ2n) is 5.04. The minimum atomic E-state index is 0.00255. The van der Waals surface area contributed by atoms with Crippen LogP contribution in [0.2, 0.25) is 0 Å². The van der Waals surface area contributed by atoms with Crippen LogP contribution in [0.25, 0.3) is 10.9 Å². The highest BCUT2D eigenvalue weighted by atomic mass is 16.5. The zero-order valence-electron chi connectivity index (χ0n) is 11.5. The third-order valence-corrected chi connectivity index (χ3v) is 3.74. The number of nitrogens with zero attached hydrogens (tertiary/aromatic N) is 1. The molecule has 0 fully saturated rings. The molecule has 0 aliphatic heterocycles. The molecule has 104 valence electrons. The van der Waals surface area contributed by atoms with E-state index in [0.29, 0.717) is 29.1 Å². The fourth-order valence-corrected chi connectivity index (χ4v) is 2.73. The molecule has 1 aliphatic rings. The molecule has 20 heavy (non-hydrogen) atoms. The Kier molecular flexibility index (Phi) is 3.16. The van der Waals surface area contributed by atoms with Gasteiger partial charge in [0.1, 0.15) is 17.1 Å². The Morgan fingerprint density at radius 3 is 2.85 bits per heavy atom. The Labute approximate surface area is 116 Å². The lowest BCUT2D eigenvalue weighted by molar-refractivity contribution is -0.751. The molecule has 3 rings (SSSR count). The Morgan fingerprint density at radius 2 is 2.15 bits per heavy atom. The number of aromatic nitrogens is 1. The summed E-state index contributed by atoms with van der Waals surface area (Å²) in [7, 11) is 3.12. The lowest BCUT2D eigenvalue weighted by atomic mass is 9.92. The molecule has 1 aromatic carbocycles. The Balaban J connectivity index is 2.32. The summed E-state index contributed by atoms with van der Waals surface area (Å²) < 4.78 is 5.51. The van der Waals surface area contributed by atoms with Gasteiger partial charge in [-0.25, -0.2) is 4.98 Å². The summed E-state index contributed by atoms with van der Waals surface area (Å²) in [6.45, 7) is 0. The largest absolute Gasteiger partial charge is 0.629 e. The first-order valence-corrected chi connectivity index (χ1v) is 6.66. The number of methoxy groups -OCH3 is 1. The maximum absolute atomic E-state index is 12.0. The van der Waals surface area contributed by atoms with E-state index in [1.54, 1.807) is 25.3 Å². The summed E-state index contributed by atoms with van der Waals surface area (Å²) in [5.74, 6) is 0.753. The Hall–Kier alpha value is -1.98. The predicted molar refractivity (Wildman–Crippen MR) is 75.5 cm³/mol. The van der Waals surface area contributed by atoms with Gasteiger partial charge in [-0.05, 0) is 18.9 Å². The number of ether oxygens (including phenoxy) is 1. The average molecular weight is 272 g/mol. The van der Waals surface area contributed by atoms with Crippen LogP contribution in [0.5, 0.6) is 5.75 Å². The molecule has 1 aliphatic carbocycles.